The quantitative estimate of drug-likeness (QED) is 0.756. The molecule has 16 heavy (non-hydrogen) atoms. The first-order valence-electron chi connectivity index (χ1n) is 5.53. The molecule has 0 heterocycles. The van der Waals surface area contributed by atoms with Crippen molar-refractivity contribution in [1.29, 1.82) is 0 Å². The van der Waals surface area contributed by atoms with Gasteiger partial charge in [-0.05, 0) is 31.9 Å². The van der Waals surface area contributed by atoms with E-state index in [1.54, 1.807) is 0 Å². The van der Waals surface area contributed by atoms with E-state index in [-0.39, 0.29) is 23.8 Å². The van der Waals surface area contributed by atoms with Crippen LogP contribution in [0.3, 0.4) is 0 Å². The fraction of sp³-hybridized carbons (Fsp3) is 0.818. The number of hydrogen-bond acceptors (Lipinski definition) is 4. The summed E-state index contributed by atoms with van der Waals surface area (Å²) in [4.78, 5) is 22.6. The van der Waals surface area contributed by atoms with Crippen LogP contribution in [0, 0.1) is 5.92 Å². The van der Waals surface area contributed by atoms with Gasteiger partial charge in [0.25, 0.3) is 0 Å². The minimum Gasteiger partial charge on any atom is -0.469 e. The first-order valence-corrected chi connectivity index (χ1v) is 6.93. The van der Waals surface area contributed by atoms with E-state index in [0.29, 0.717) is 5.75 Å². The summed E-state index contributed by atoms with van der Waals surface area (Å²) in [6.07, 6.45) is 5.29. The summed E-state index contributed by atoms with van der Waals surface area (Å²) >= 11 is 1.52. The van der Waals surface area contributed by atoms with Crippen molar-refractivity contribution >= 4 is 23.6 Å². The van der Waals surface area contributed by atoms with Gasteiger partial charge >= 0.3 is 5.97 Å². The van der Waals surface area contributed by atoms with Gasteiger partial charge in [-0.2, -0.15) is 11.8 Å². The van der Waals surface area contributed by atoms with Crippen LogP contribution in [0.15, 0.2) is 0 Å². The summed E-state index contributed by atoms with van der Waals surface area (Å²) in [6, 6.07) is 0.237. The molecule has 1 rings (SSSR count). The number of methoxy groups -OCH3 is 1. The molecule has 0 atom stereocenters. The molecule has 92 valence electrons. The molecule has 0 saturated heterocycles. The largest absolute Gasteiger partial charge is 0.469 e. The van der Waals surface area contributed by atoms with Crippen molar-refractivity contribution in [2.24, 2.45) is 5.92 Å². The number of carbonyl (C=O) groups is 2. The first-order chi connectivity index (χ1) is 7.67. The molecule has 0 unspecified atom stereocenters. The van der Waals surface area contributed by atoms with Crippen molar-refractivity contribution in [3.63, 3.8) is 0 Å². The number of amides is 1. The molecule has 1 N–H and O–H groups in total. The molecular formula is C11H19NO3S. The van der Waals surface area contributed by atoms with Gasteiger partial charge in [-0.1, -0.05) is 0 Å². The Bertz CT molecular complexity index is 250. The minimum absolute atomic E-state index is 0.0266. The van der Waals surface area contributed by atoms with Gasteiger partial charge < -0.3 is 10.1 Å². The lowest BCUT2D eigenvalue weighted by Crippen LogP contribution is -2.39. The zero-order chi connectivity index (χ0) is 12.0. The van der Waals surface area contributed by atoms with Crippen molar-refractivity contribution in [2.75, 3.05) is 19.1 Å². The molecule has 0 aromatic rings. The van der Waals surface area contributed by atoms with E-state index in [1.807, 2.05) is 6.26 Å². The Hall–Kier alpha value is -0.710. The Morgan fingerprint density at radius 2 is 1.94 bits per heavy atom. The van der Waals surface area contributed by atoms with Crippen LogP contribution in [-0.2, 0) is 14.3 Å². The van der Waals surface area contributed by atoms with E-state index >= 15 is 0 Å². The molecule has 0 aromatic carbocycles. The van der Waals surface area contributed by atoms with Crippen LogP contribution in [0.1, 0.15) is 25.7 Å². The molecule has 0 aliphatic heterocycles. The van der Waals surface area contributed by atoms with Gasteiger partial charge in [-0.3, -0.25) is 9.59 Å². The molecule has 0 radical (unpaired) electrons. The lowest BCUT2D eigenvalue weighted by atomic mass is 9.86. The molecule has 0 aromatic heterocycles. The molecular weight excluding hydrogens is 226 g/mol. The van der Waals surface area contributed by atoms with Crippen molar-refractivity contribution in [3.8, 4) is 0 Å². The van der Waals surface area contributed by atoms with Gasteiger partial charge in [0.15, 0.2) is 0 Å². The highest BCUT2D eigenvalue weighted by atomic mass is 32.2. The molecule has 4 nitrogen and oxygen atoms in total. The number of carbonyl (C=O) groups excluding carboxylic acids is 2. The maximum atomic E-state index is 11.4. The zero-order valence-electron chi connectivity index (χ0n) is 9.82. The van der Waals surface area contributed by atoms with E-state index in [0.717, 1.165) is 25.7 Å². The Labute approximate surface area is 100 Å². The van der Waals surface area contributed by atoms with Gasteiger partial charge in [0.1, 0.15) is 0 Å². The Morgan fingerprint density at radius 3 is 2.44 bits per heavy atom. The second-order valence-corrected chi connectivity index (χ2v) is 4.94. The van der Waals surface area contributed by atoms with Gasteiger partial charge in [-0.25, -0.2) is 0 Å². The number of nitrogens with one attached hydrogen (secondary N) is 1. The fourth-order valence-electron chi connectivity index (χ4n) is 2.04. The lowest BCUT2D eigenvalue weighted by molar-refractivity contribution is -0.146. The highest BCUT2D eigenvalue weighted by Crippen LogP contribution is 2.25. The number of thioether (sulfide) groups is 1. The maximum absolute atomic E-state index is 11.4. The lowest BCUT2D eigenvalue weighted by Gasteiger charge is -2.27. The second-order valence-electron chi connectivity index (χ2n) is 4.07. The average molecular weight is 245 g/mol. The number of hydrogen-bond donors (Lipinski definition) is 1. The van der Waals surface area contributed by atoms with Crippen molar-refractivity contribution in [1.82, 2.24) is 5.32 Å². The van der Waals surface area contributed by atoms with Gasteiger partial charge in [-0.15, -0.1) is 0 Å². The van der Waals surface area contributed by atoms with Crippen LogP contribution < -0.4 is 5.32 Å². The van der Waals surface area contributed by atoms with E-state index in [2.05, 4.69) is 5.32 Å². The Balaban J connectivity index is 2.26. The summed E-state index contributed by atoms with van der Waals surface area (Å²) in [6.45, 7) is 0. The molecule has 1 fully saturated rings. The fourth-order valence-corrected chi connectivity index (χ4v) is 2.39. The van der Waals surface area contributed by atoms with E-state index in [1.165, 1.54) is 18.9 Å². The second kappa shape index (κ2) is 6.78. The summed E-state index contributed by atoms with van der Waals surface area (Å²) in [5.41, 5.74) is 0. The van der Waals surface area contributed by atoms with E-state index < -0.39 is 0 Å². The maximum Gasteiger partial charge on any atom is 0.308 e. The number of ether oxygens (including phenoxy) is 1. The molecule has 1 saturated carbocycles. The van der Waals surface area contributed by atoms with Crippen molar-refractivity contribution in [3.05, 3.63) is 0 Å². The van der Waals surface area contributed by atoms with E-state index in [4.69, 9.17) is 4.74 Å². The SMILES string of the molecule is COC(=O)C1CCC(NC(=O)CSC)CC1. The summed E-state index contributed by atoms with van der Waals surface area (Å²) in [5, 5.41) is 2.99. The van der Waals surface area contributed by atoms with Crippen LogP contribution >= 0.6 is 11.8 Å². The monoisotopic (exact) mass is 245 g/mol. The third-order valence-electron chi connectivity index (χ3n) is 2.90. The topological polar surface area (TPSA) is 55.4 Å². The Morgan fingerprint density at radius 1 is 1.31 bits per heavy atom. The summed E-state index contributed by atoms with van der Waals surface area (Å²) < 4.78 is 4.71. The smallest absolute Gasteiger partial charge is 0.308 e. The van der Waals surface area contributed by atoms with Gasteiger partial charge in [0, 0.05) is 6.04 Å². The highest BCUT2D eigenvalue weighted by Gasteiger charge is 2.27. The molecule has 0 bridgehead atoms. The molecule has 5 heteroatoms. The van der Waals surface area contributed by atoms with Crippen LogP contribution in [0.5, 0.6) is 0 Å². The highest BCUT2D eigenvalue weighted by molar-refractivity contribution is 7.99. The van der Waals surface area contributed by atoms with Crippen LogP contribution in [-0.4, -0.2) is 37.0 Å². The summed E-state index contributed by atoms with van der Waals surface area (Å²) in [7, 11) is 1.43. The Kier molecular flexibility index (Phi) is 5.66. The number of rotatable bonds is 4. The minimum atomic E-state index is -0.117. The standard InChI is InChI=1S/C11H19NO3S/c1-15-11(14)8-3-5-9(6-4-8)12-10(13)7-16-2/h8-9H,3-7H2,1-2H3,(H,12,13). The third-order valence-corrected chi connectivity index (χ3v) is 3.45. The molecule has 0 spiro atoms. The number of esters is 1. The molecule has 1 aliphatic carbocycles. The van der Waals surface area contributed by atoms with Crippen molar-refractivity contribution < 1.29 is 14.3 Å². The molecule has 1 amide bonds. The molecule has 1 aliphatic rings. The van der Waals surface area contributed by atoms with Crippen LogP contribution in [0.25, 0.3) is 0 Å². The normalized spacial score (nSPS) is 24.9. The first kappa shape index (κ1) is 13.4. The zero-order valence-corrected chi connectivity index (χ0v) is 10.6. The van der Waals surface area contributed by atoms with E-state index in [9.17, 15) is 9.59 Å². The van der Waals surface area contributed by atoms with Gasteiger partial charge in [0.05, 0.1) is 18.8 Å². The van der Waals surface area contributed by atoms with Crippen LogP contribution in [0.2, 0.25) is 0 Å². The summed E-state index contributed by atoms with van der Waals surface area (Å²) in [5.74, 6) is 0.512. The predicted octanol–water partition coefficient (Wildman–Crippen LogP) is 1.20. The van der Waals surface area contributed by atoms with Gasteiger partial charge in [0.2, 0.25) is 5.91 Å². The van der Waals surface area contributed by atoms with Crippen molar-refractivity contribution in [2.45, 2.75) is 31.7 Å². The third kappa shape index (κ3) is 4.04. The average Bonchev–Trinajstić information content (AvgIpc) is 2.29. The predicted molar refractivity (Wildman–Crippen MR) is 64.3 cm³/mol. The van der Waals surface area contributed by atoms with Crippen LogP contribution in [0.4, 0.5) is 0 Å².